The molecule has 0 atom stereocenters. The first-order valence-electron chi connectivity index (χ1n) is 9.21. The van der Waals surface area contributed by atoms with Gasteiger partial charge in [-0.3, -0.25) is 4.79 Å². The number of anilines is 1. The molecule has 1 amide bonds. The number of ether oxygens (including phenoxy) is 1. The molecule has 6 nitrogen and oxygen atoms in total. The Morgan fingerprint density at radius 3 is 2.85 bits per heavy atom. The van der Waals surface area contributed by atoms with Crippen molar-refractivity contribution in [2.75, 3.05) is 37.7 Å². The van der Waals surface area contributed by atoms with Crippen molar-refractivity contribution < 1.29 is 9.53 Å². The summed E-state index contributed by atoms with van der Waals surface area (Å²) < 4.78 is 5.47. The Balaban J connectivity index is 1.67. The summed E-state index contributed by atoms with van der Waals surface area (Å²) in [6.07, 6.45) is 3.60. The molecule has 0 saturated carbocycles. The molecule has 2 aromatic heterocycles. The molecule has 0 radical (unpaired) electrons. The van der Waals surface area contributed by atoms with E-state index in [2.05, 4.69) is 28.7 Å². The molecule has 1 aliphatic rings. The van der Waals surface area contributed by atoms with E-state index in [1.807, 2.05) is 17.9 Å². The molecular formula is C19H26N4O2S. The lowest BCUT2D eigenvalue weighted by Gasteiger charge is -2.22. The van der Waals surface area contributed by atoms with Gasteiger partial charge in [0.05, 0.1) is 11.5 Å². The summed E-state index contributed by atoms with van der Waals surface area (Å²) in [7, 11) is 0. The highest BCUT2D eigenvalue weighted by Gasteiger charge is 2.23. The van der Waals surface area contributed by atoms with Crippen LogP contribution in [0.15, 0.2) is 18.3 Å². The van der Waals surface area contributed by atoms with E-state index in [1.54, 1.807) is 23.6 Å². The zero-order valence-electron chi connectivity index (χ0n) is 15.7. The lowest BCUT2D eigenvalue weighted by atomic mass is 10.2. The normalized spacial score (nSPS) is 15.0. The number of carbonyl (C=O) groups is 1. The van der Waals surface area contributed by atoms with E-state index in [1.165, 1.54) is 10.4 Å². The zero-order chi connectivity index (χ0) is 18.5. The number of amides is 1. The van der Waals surface area contributed by atoms with Crippen LogP contribution in [0.25, 0.3) is 0 Å². The van der Waals surface area contributed by atoms with Crippen molar-refractivity contribution in [1.29, 1.82) is 0 Å². The van der Waals surface area contributed by atoms with E-state index in [-0.39, 0.29) is 5.91 Å². The molecule has 3 heterocycles. The first-order valence-corrected chi connectivity index (χ1v) is 10.0. The van der Waals surface area contributed by atoms with Gasteiger partial charge in [0.25, 0.3) is 5.91 Å². The maximum Gasteiger partial charge on any atom is 0.263 e. The minimum absolute atomic E-state index is 0.142. The minimum atomic E-state index is 0.142. The first-order chi connectivity index (χ1) is 12.6. The third-order valence-electron chi connectivity index (χ3n) is 4.53. The van der Waals surface area contributed by atoms with Gasteiger partial charge < -0.3 is 14.5 Å². The molecule has 1 fully saturated rings. The van der Waals surface area contributed by atoms with Gasteiger partial charge in [0, 0.05) is 43.3 Å². The van der Waals surface area contributed by atoms with Gasteiger partial charge in [0.1, 0.15) is 0 Å². The quantitative estimate of drug-likeness (QED) is 0.805. The van der Waals surface area contributed by atoms with Crippen molar-refractivity contribution in [3.63, 3.8) is 0 Å². The number of aryl methyl sites for hydroxylation is 2. The van der Waals surface area contributed by atoms with Gasteiger partial charge in [-0.25, -0.2) is 4.98 Å². The third-order valence-corrected chi connectivity index (χ3v) is 5.90. The van der Waals surface area contributed by atoms with E-state index in [4.69, 9.17) is 4.74 Å². The Kier molecular flexibility index (Phi) is 6.08. The highest BCUT2D eigenvalue weighted by Crippen LogP contribution is 2.24. The average molecular weight is 375 g/mol. The van der Waals surface area contributed by atoms with Gasteiger partial charge >= 0.3 is 0 Å². The van der Waals surface area contributed by atoms with Gasteiger partial charge in [0.15, 0.2) is 0 Å². The Morgan fingerprint density at radius 2 is 2.12 bits per heavy atom. The van der Waals surface area contributed by atoms with E-state index in [0.29, 0.717) is 25.0 Å². The van der Waals surface area contributed by atoms with Crippen LogP contribution < -0.4 is 9.64 Å². The Labute approximate surface area is 158 Å². The molecule has 1 saturated heterocycles. The smallest absolute Gasteiger partial charge is 0.263 e. The van der Waals surface area contributed by atoms with Crippen LogP contribution in [-0.4, -0.2) is 53.6 Å². The molecular weight excluding hydrogens is 348 g/mol. The second kappa shape index (κ2) is 8.49. The number of carbonyl (C=O) groups excluding carboxylic acids is 1. The van der Waals surface area contributed by atoms with Crippen LogP contribution in [0.1, 0.15) is 40.4 Å². The number of thiophene rings is 1. The van der Waals surface area contributed by atoms with Crippen molar-refractivity contribution >= 4 is 23.2 Å². The highest BCUT2D eigenvalue weighted by molar-refractivity contribution is 7.14. The molecule has 2 aromatic rings. The van der Waals surface area contributed by atoms with Crippen LogP contribution in [0.2, 0.25) is 0 Å². The monoisotopic (exact) mass is 374 g/mol. The summed E-state index contributed by atoms with van der Waals surface area (Å²) in [5.74, 6) is 1.41. The zero-order valence-corrected chi connectivity index (χ0v) is 16.5. The lowest BCUT2D eigenvalue weighted by molar-refractivity contribution is 0.0771. The van der Waals surface area contributed by atoms with Crippen molar-refractivity contribution in [1.82, 2.24) is 14.9 Å². The van der Waals surface area contributed by atoms with Crippen molar-refractivity contribution in [3.8, 4) is 5.88 Å². The van der Waals surface area contributed by atoms with Crippen LogP contribution >= 0.6 is 11.3 Å². The van der Waals surface area contributed by atoms with E-state index in [9.17, 15) is 4.79 Å². The molecule has 3 rings (SSSR count). The van der Waals surface area contributed by atoms with E-state index < -0.39 is 0 Å². The van der Waals surface area contributed by atoms with Gasteiger partial charge in [-0.05, 0) is 38.3 Å². The van der Waals surface area contributed by atoms with Crippen LogP contribution in [0.5, 0.6) is 5.88 Å². The Morgan fingerprint density at radius 1 is 1.27 bits per heavy atom. The number of aromatic nitrogens is 2. The topological polar surface area (TPSA) is 58.6 Å². The second-order valence-electron chi connectivity index (χ2n) is 6.33. The fourth-order valence-electron chi connectivity index (χ4n) is 3.17. The average Bonchev–Trinajstić information content (AvgIpc) is 2.87. The predicted octanol–water partition coefficient (Wildman–Crippen LogP) is 3.16. The molecule has 0 aromatic carbocycles. The van der Waals surface area contributed by atoms with Crippen molar-refractivity contribution in [3.05, 3.63) is 33.6 Å². The van der Waals surface area contributed by atoms with Crippen LogP contribution in [0.4, 0.5) is 5.95 Å². The first kappa shape index (κ1) is 18.6. The van der Waals surface area contributed by atoms with Gasteiger partial charge in [0.2, 0.25) is 11.8 Å². The molecule has 0 bridgehead atoms. The SMILES string of the molecule is CCOc1ccnc(N2CCCN(C(=O)c3cc(C)c(CC)s3)CC2)n1. The number of hydrogen-bond donors (Lipinski definition) is 0. The van der Waals surface area contributed by atoms with Gasteiger partial charge in [-0.15, -0.1) is 11.3 Å². The number of rotatable bonds is 5. The lowest BCUT2D eigenvalue weighted by Crippen LogP contribution is -2.35. The van der Waals surface area contributed by atoms with Crippen molar-refractivity contribution in [2.45, 2.75) is 33.6 Å². The summed E-state index contributed by atoms with van der Waals surface area (Å²) in [5.41, 5.74) is 1.22. The number of hydrogen-bond acceptors (Lipinski definition) is 6. The summed E-state index contributed by atoms with van der Waals surface area (Å²) in [6, 6.07) is 3.80. The molecule has 0 unspecified atom stereocenters. The second-order valence-corrected chi connectivity index (χ2v) is 7.47. The summed E-state index contributed by atoms with van der Waals surface area (Å²) in [6.45, 7) is 9.74. The third kappa shape index (κ3) is 4.15. The van der Waals surface area contributed by atoms with E-state index in [0.717, 1.165) is 37.4 Å². The largest absolute Gasteiger partial charge is 0.478 e. The molecule has 0 spiro atoms. The van der Waals surface area contributed by atoms with E-state index >= 15 is 0 Å². The molecule has 7 heteroatoms. The highest BCUT2D eigenvalue weighted by atomic mass is 32.1. The molecule has 140 valence electrons. The predicted molar refractivity (Wildman–Crippen MR) is 104 cm³/mol. The maximum absolute atomic E-state index is 12.9. The summed E-state index contributed by atoms with van der Waals surface area (Å²) in [4.78, 5) is 28.0. The number of nitrogens with zero attached hydrogens (tertiary/aromatic N) is 4. The fraction of sp³-hybridized carbons (Fsp3) is 0.526. The molecule has 0 N–H and O–H groups in total. The molecule has 1 aliphatic heterocycles. The minimum Gasteiger partial charge on any atom is -0.478 e. The molecule has 26 heavy (non-hydrogen) atoms. The maximum atomic E-state index is 12.9. The summed E-state index contributed by atoms with van der Waals surface area (Å²) in [5, 5.41) is 0. The van der Waals surface area contributed by atoms with Crippen LogP contribution in [0, 0.1) is 6.92 Å². The van der Waals surface area contributed by atoms with Crippen LogP contribution in [-0.2, 0) is 6.42 Å². The standard InChI is InChI=1S/C19H26N4O2S/c1-4-15-14(3)13-16(26-15)18(24)22-9-6-10-23(12-11-22)19-20-8-7-17(21-19)25-5-2/h7-8,13H,4-6,9-12H2,1-3H3. The molecule has 0 aliphatic carbocycles. The Hall–Kier alpha value is -2.15. The van der Waals surface area contributed by atoms with Gasteiger partial charge in [-0.1, -0.05) is 6.92 Å². The van der Waals surface area contributed by atoms with Crippen molar-refractivity contribution in [2.24, 2.45) is 0 Å². The van der Waals surface area contributed by atoms with Gasteiger partial charge in [-0.2, -0.15) is 4.98 Å². The Bertz CT molecular complexity index is 762. The fourth-order valence-corrected chi connectivity index (χ4v) is 4.25. The summed E-state index contributed by atoms with van der Waals surface area (Å²) >= 11 is 1.63. The van der Waals surface area contributed by atoms with Crippen LogP contribution in [0.3, 0.4) is 0 Å².